The molecule has 0 aliphatic heterocycles. The van der Waals surface area contributed by atoms with E-state index in [1.807, 2.05) is 6.92 Å². The number of carbonyl (C=O) groups excluding carboxylic acids is 1. The standard InChI is InChI=1S/C15H22N4OS/c1-11-17-9-6-12(19-11)10-18-14(20)15(13(16)21)7-4-2-3-5-8-15/h6,9H,2-5,7-8,10H2,1H3,(H2,16,21)(H,18,20). The van der Waals surface area contributed by atoms with Gasteiger partial charge in [-0.2, -0.15) is 0 Å². The van der Waals surface area contributed by atoms with Crippen molar-refractivity contribution in [2.75, 3.05) is 0 Å². The zero-order chi connectivity index (χ0) is 15.3. The van der Waals surface area contributed by atoms with Crippen molar-refractivity contribution >= 4 is 23.1 Å². The summed E-state index contributed by atoms with van der Waals surface area (Å²) < 4.78 is 0. The average molecular weight is 306 g/mol. The number of nitrogens with zero attached hydrogens (tertiary/aromatic N) is 2. The summed E-state index contributed by atoms with van der Waals surface area (Å²) in [6.07, 6.45) is 7.47. The lowest BCUT2D eigenvalue weighted by Crippen LogP contribution is -2.48. The summed E-state index contributed by atoms with van der Waals surface area (Å²) in [5, 5.41) is 2.95. The maximum atomic E-state index is 12.7. The molecule has 0 spiro atoms. The Labute approximate surface area is 130 Å². The molecule has 1 aliphatic rings. The molecule has 5 nitrogen and oxygen atoms in total. The second-order valence-electron chi connectivity index (χ2n) is 5.64. The number of nitrogens with two attached hydrogens (primary N) is 1. The van der Waals surface area contributed by atoms with Crippen molar-refractivity contribution in [3.8, 4) is 0 Å². The van der Waals surface area contributed by atoms with Crippen molar-refractivity contribution < 1.29 is 4.79 Å². The third-order valence-electron chi connectivity index (χ3n) is 4.13. The Bertz CT molecular complexity index is 524. The van der Waals surface area contributed by atoms with Crippen LogP contribution in [-0.4, -0.2) is 20.9 Å². The molecule has 2 rings (SSSR count). The van der Waals surface area contributed by atoms with Crippen LogP contribution in [0.2, 0.25) is 0 Å². The van der Waals surface area contributed by atoms with Crippen LogP contribution >= 0.6 is 12.2 Å². The third kappa shape index (κ3) is 3.75. The van der Waals surface area contributed by atoms with Gasteiger partial charge in [-0.25, -0.2) is 9.97 Å². The third-order valence-corrected chi connectivity index (χ3v) is 4.52. The number of aromatic nitrogens is 2. The van der Waals surface area contributed by atoms with Gasteiger partial charge in [0, 0.05) is 6.20 Å². The molecule has 0 saturated heterocycles. The van der Waals surface area contributed by atoms with Crippen LogP contribution in [0.1, 0.15) is 50.0 Å². The molecule has 6 heteroatoms. The summed E-state index contributed by atoms with van der Waals surface area (Å²) in [5.74, 6) is 0.633. The van der Waals surface area contributed by atoms with E-state index >= 15 is 0 Å². The van der Waals surface area contributed by atoms with Gasteiger partial charge in [0.25, 0.3) is 0 Å². The van der Waals surface area contributed by atoms with E-state index in [4.69, 9.17) is 18.0 Å². The van der Waals surface area contributed by atoms with Crippen molar-refractivity contribution in [3.05, 3.63) is 23.8 Å². The summed E-state index contributed by atoms with van der Waals surface area (Å²) in [5.41, 5.74) is 6.02. The van der Waals surface area contributed by atoms with Gasteiger partial charge < -0.3 is 11.1 Å². The number of thiocarbonyl (C=S) groups is 1. The highest BCUT2D eigenvalue weighted by Crippen LogP contribution is 2.35. The van der Waals surface area contributed by atoms with Gasteiger partial charge in [-0.15, -0.1) is 0 Å². The Balaban J connectivity index is 2.07. The molecule has 1 saturated carbocycles. The monoisotopic (exact) mass is 306 g/mol. The summed E-state index contributed by atoms with van der Waals surface area (Å²) in [7, 11) is 0. The Morgan fingerprint density at radius 3 is 2.62 bits per heavy atom. The molecule has 1 amide bonds. The molecule has 1 aromatic rings. The van der Waals surface area contributed by atoms with Crippen LogP contribution in [0.4, 0.5) is 0 Å². The minimum Gasteiger partial charge on any atom is -0.392 e. The largest absolute Gasteiger partial charge is 0.392 e. The number of nitrogens with one attached hydrogen (secondary N) is 1. The van der Waals surface area contributed by atoms with E-state index in [0.29, 0.717) is 17.4 Å². The molecular formula is C15H22N4OS. The van der Waals surface area contributed by atoms with Gasteiger partial charge >= 0.3 is 0 Å². The highest BCUT2D eigenvalue weighted by molar-refractivity contribution is 7.80. The smallest absolute Gasteiger partial charge is 0.233 e. The van der Waals surface area contributed by atoms with E-state index in [-0.39, 0.29) is 5.91 Å². The summed E-state index contributed by atoms with van der Waals surface area (Å²) in [6.45, 7) is 2.21. The Morgan fingerprint density at radius 2 is 2.05 bits per heavy atom. The first-order valence-electron chi connectivity index (χ1n) is 7.41. The van der Waals surface area contributed by atoms with Gasteiger partial charge in [0.15, 0.2) is 0 Å². The van der Waals surface area contributed by atoms with Gasteiger partial charge in [0.05, 0.1) is 22.6 Å². The van der Waals surface area contributed by atoms with Gasteiger partial charge in [-0.1, -0.05) is 37.9 Å². The SMILES string of the molecule is Cc1nccc(CNC(=O)C2(C(N)=S)CCCCCC2)n1. The van der Waals surface area contributed by atoms with Crippen LogP contribution in [0, 0.1) is 12.3 Å². The lowest BCUT2D eigenvalue weighted by Gasteiger charge is -2.30. The number of rotatable bonds is 4. The Morgan fingerprint density at radius 1 is 1.38 bits per heavy atom. The zero-order valence-corrected chi connectivity index (χ0v) is 13.2. The second kappa shape index (κ2) is 6.93. The highest BCUT2D eigenvalue weighted by atomic mass is 32.1. The van der Waals surface area contributed by atoms with Gasteiger partial charge in [0.2, 0.25) is 5.91 Å². The van der Waals surface area contributed by atoms with Crippen LogP contribution in [0.3, 0.4) is 0 Å². The van der Waals surface area contributed by atoms with Crippen molar-refractivity contribution in [3.63, 3.8) is 0 Å². The molecule has 1 aromatic heterocycles. The van der Waals surface area contributed by atoms with E-state index in [1.54, 1.807) is 12.3 Å². The molecule has 0 bridgehead atoms. The molecule has 1 aliphatic carbocycles. The van der Waals surface area contributed by atoms with Crippen LogP contribution in [0.5, 0.6) is 0 Å². The minimum atomic E-state index is -0.687. The van der Waals surface area contributed by atoms with Gasteiger partial charge in [-0.05, 0) is 25.8 Å². The predicted molar refractivity (Wildman–Crippen MR) is 85.5 cm³/mol. The molecule has 3 N–H and O–H groups in total. The van der Waals surface area contributed by atoms with Crippen LogP contribution in [0.25, 0.3) is 0 Å². The zero-order valence-electron chi connectivity index (χ0n) is 12.4. The summed E-state index contributed by atoms with van der Waals surface area (Å²) >= 11 is 5.21. The molecular weight excluding hydrogens is 284 g/mol. The highest BCUT2D eigenvalue weighted by Gasteiger charge is 2.41. The Hall–Kier alpha value is -1.56. The van der Waals surface area contributed by atoms with Crippen molar-refractivity contribution in [1.29, 1.82) is 0 Å². The lowest BCUT2D eigenvalue weighted by atomic mass is 9.79. The number of amides is 1. The van der Waals surface area contributed by atoms with Gasteiger partial charge in [-0.3, -0.25) is 4.79 Å². The van der Waals surface area contributed by atoms with E-state index in [9.17, 15) is 4.79 Å². The molecule has 0 unspecified atom stereocenters. The van der Waals surface area contributed by atoms with E-state index < -0.39 is 5.41 Å². The lowest BCUT2D eigenvalue weighted by molar-refractivity contribution is -0.128. The minimum absolute atomic E-state index is 0.0619. The van der Waals surface area contributed by atoms with Crippen molar-refractivity contribution in [2.24, 2.45) is 11.1 Å². The van der Waals surface area contributed by atoms with E-state index in [0.717, 1.165) is 44.2 Å². The molecule has 0 atom stereocenters. The number of hydrogen-bond acceptors (Lipinski definition) is 4. The fraction of sp³-hybridized carbons (Fsp3) is 0.600. The number of aryl methyl sites for hydroxylation is 1. The molecule has 1 fully saturated rings. The number of carbonyl (C=O) groups is 1. The first kappa shape index (κ1) is 15.8. The quantitative estimate of drug-likeness (QED) is 0.657. The predicted octanol–water partition coefficient (Wildman–Crippen LogP) is 2.03. The molecule has 0 radical (unpaired) electrons. The fourth-order valence-electron chi connectivity index (χ4n) is 2.86. The maximum Gasteiger partial charge on any atom is 0.233 e. The Kier molecular flexibility index (Phi) is 5.22. The molecule has 1 heterocycles. The normalized spacial score (nSPS) is 17.8. The van der Waals surface area contributed by atoms with E-state index in [2.05, 4.69) is 15.3 Å². The first-order chi connectivity index (χ1) is 10.0. The van der Waals surface area contributed by atoms with Crippen molar-refractivity contribution in [2.45, 2.75) is 52.0 Å². The molecule has 0 aromatic carbocycles. The molecule has 21 heavy (non-hydrogen) atoms. The fourth-order valence-corrected chi connectivity index (χ4v) is 3.16. The summed E-state index contributed by atoms with van der Waals surface area (Å²) in [4.78, 5) is 21.3. The number of hydrogen-bond donors (Lipinski definition) is 2. The van der Waals surface area contributed by atoms with Crippen molar-refractivity contribution in [1.82, 2.24) is 15.3 Å². The van der Waals surface area contributed by atoms with Crippen LogP contribution in [-0.2, 0) is 11.3 Å². The summed E-state index contributed by atoms with van der Waals surface area (Å²) in [6, 6.07) is 1.80. The van der Waals surface area contributed by atoms with Gasteiger partial charge in [0.1, 0.15) is 5.82 Å². The second-order valence-corrected chi connectivity index (χ2v) is 6.08. The average Bonchev–Trinajstić information content (AvgIpc) is 2.71. The van der Waals surface area contributed by atoms with Crippen LogP contribution < -0.4 is 11.1 Å². The molecule has 114 valence electrons. The van der Waals surface area contributed by atoms with Crippen LogP contribution in [0.15, 0.2) is 12.3 Å². The maximum absolute atomic E-state index is 12.7. The topological polar surface area (TPSA) is 80.9 Å². The first-order valence-corrected chi connectivity index (χ1v) is 7.82. The van der Waals surface area contributed by atoms with E-state index in [1.165, 1.54) is 0 Å².